The second-order valence-electron chi connectivity index (χ2n) is 7.43. The first-order valence-electron chi connectivity index (χ1n) is 10.5. The highest BCUT2D eigenvalue weighted by Gasteiger charge is 2.15. The van der Waals surface area contributed by atoms with Gasteiger partial charge in [0, 0.05) is 5.69 Å². The summed E-state index contributed by atoms with van der Waals surface area (Å²) in [4.78, 5) is 35.6. The maximum absolute atomic E-state index is 12.1. The molecule has 2 aromatic carbocycles. The van der Waals surface area contributed by atoms with E-state index < -0.39 is 17.8 Å². The van der Waals surface area contributed by atoms with E-state index in [2.05, 4.69) is 20.6 Å². The molecule has 0 aliphatic carbocycles. The molecular weight excluding hydrogens is 454 g/mol. The van der Waals surface area contributed by atoms with Crippen LogP contribution in [-0.2, 0) is 20.9 Å². The lowest BCUT2D eigenvalue weighted by atomic mass is 10.1. The Morgan fingerprint density at radius 1 is 0.971 bits per heavy atom. The van der Waals surface area contributed by atoms with Crippen LogP contribution in [0, 0.1) is 13.8 Å². The van der Waals surface area contributed by atoms with Gasteiger partial charge in [0.1, 0.15) is 12.4 Å². The molecular formula is C25H25N3O7. The average molecular weight is 479 g/mol. The molecule has 182 valence electrons. The van der Waals surface area contributed by atoms with E-state index in [4.69, 9.17) is 13.9 Å². The first kappa shape index (κ1) is 25.0. The molecule has 0 aliphatic rings. The van der Waals surface area contributed by atoms with E-state index in [1.165, 1.54) is 26.5 Å². The third-order valence-electron chi connectivity index (χ3n) is 4.82. The van der Waals surface area contributed by atoms with Gasteiger partial charge in [-0.1, -0.05) is 17.7 Å². The molecule has 0 spiro atoms. The second-order valence-corrected chi connectivity index (χ2v) is 7.43. The lowest BCUT2D eigenvalue weighted by Gasteiger charge is -2.10. The summed E-state index contributed by atoms with van der Waals surface area (Å²) in [6.07, 6.45) is 1.36. The fourth-order valence-corrected chi connectivity index (χ4v) is 3.05. The van der Waals surface area contributed by atoms with Crippen molar-refractivity contribution in [3.05, 3.63) is 76.7 Å². The van der Waals surface area contributed by atoms with Crippen molar-refractivity contribution in [2.24, 2.45) is 5.10 Å². The van der Waals surface area contributed by atoms with Crippen LogP contribution in [-0.4, -0.2) is 38.2 Å². The third kappa shape index (κ3) is 6.70. The van der Waals surface area contributed by atoms with Gasteiger partial charge in [-0.2, -0.15) is 5.10 Å². The number of hydrazone groups is 1. The summed E-state index contributed by atoms with van der Waals surface area (Å²) < 4.78 is 21.0. The number of hydrogen-bond acceptors (Lipinski definition) is 8. The maximum Gasteiger partial charge on any atom is 0.373 e. The molecule has 2 N–H and O–H groups in total. The molecule has 3 rings (SSSR count). The van der Waals surface area contributed by atoms with Gasteiger partial charge in [0.05, 0.1) is 20.4 Å². The Morgan fingerprint density at radius 2 is 1.77 bits per heavy atom. The van der Waals surface area contributed by atoms with Crippen molar-refractivity contribution >= 4 is 29.7 Å². The minimum absolute atomic E-state index is 0.0619. The summed E-state index contributed by atoms with van der Waals surface area (Å²) in [6.45, 7) is 3.84. The lowest BCUT2D eigenvalue weighted by Crippen LogP contribution is -2.32. The number of carbonyl (C=O) groups excluding carboxylic acids is 3. The van der Waals surface area contributed by atoms with Gasteiger partial charge in [-0.25, -0.2) is 10.2 Å². The number of methoxy groups -OCH3 is 2. The Morgan fingerprint density at radius 3 is 2.49 bits per heavy atom. The molecule has 1 heterocycles. The first-order valence-corrected chi connectivity index (χ1v) is 10.5. The average Bonchev–Trinajstić information content (AvgIpc) is 3.33. The Bertz CT molecular complexity index is 1260. The number of anilines is 1. The molecule has 2 amide bonds. The third-order valence-corrected chi connectivity index (χ3v) is 4.82. The van der Waals surface area contributed by atoms with Crippen molar-refractivity contribution in [2.75, 3.05) is 19.5 Å². The van der Waals surface area contributed by atoms with Crippen molar-refractivity contribution in [1.29, 1.82) is 0 Å². The van der Waals surface area contributed by atoms with Crippen molar-refractivity contribution < 1.29 is 33.0 Å². The van der Waals surface area contributed by atoms with E-state index in [1.807, 2.05) is 26.0 Å². The smallest absolute Gasteiger partial charge is 0.373 e. The largest absolute Gasteiger partial charge is 0.493 e. The molecule has 0 saturated heterocycles. The van der Waals surface area contributed by atoms with Crippen LogP contribution in [0.2, 0.25) is 0 Å². The molecule has 0 fully saturated rings. The monoisotopic (exact) mass is 479 g/mol. The van der Waals surface area contributed by atoms with Crippen molar-refractivity contribution in [3.8, 4) is 11.5 Å². The van der Waals surface area contributed by atoms with Gasteiger partial charge in [0.25, 0.3) is 0 Å². The molecule has 1 aromatic heterocycles. The summed E-state index contributed by atoms with van der Waals surface area (Å²) in [5.41, 5.74) is 5.24. The molecule has 3 aromatic rings. The number of esters is 1. The van der Waals surface area contributed by atoms with Crippen LogP contribution in [0.1, 0.15) is 33.0 Å². The van der Waals surface area contributed by atoms with Gasteiger partial charge in [0.2, 0.25) is 5.76 Å². The highest BCUT2D eigenvalue weighted by atomic mass is 16.5. The summed E-state index contributed by atoms with van der Waals surface area (Å²) in [7, 11) is 2.74. The Kier molecular flexibility index (Phi) is 8.23. The lowest BCUT2D eigenvalue weighted by molar-refractivity contribution is -0.136. The topological polar surface area (TPSA) is 128 Å². The zero-order valence-corrected chi connectivity index (χ0v) is 19.7. The van der Waals surface area contributed by atoms with Gasteiger partial charge < -0.3 is 23.9 Å². The maximum atomic E-state index is 12.1. The standard InChI is InChI=1S/C25H25N3O7/c1-15-5-8-19(16(2)11-15)27-23(29)24(30)28-26-13-17-6-9-20(22(12-17)32-3)34-14-18-7-10-21(35-18)25(31)33-4/h5-13H,14H2,1-4H3,(H,27,29)(H,28,30)/b26-13+. The fraction of sp³-hybridized carbons (Fsp3) is 0.200. The SMILES string of the molecule is COC(=O)c1ccc(COc2ccc(/C=N/NC(=O)C(=O)Nc3ccc(C)cc3C)cc2OC)o1. The number of rotatable bonds is 8. The van der Waals surface area contributed by atoms with Gasteiger partial charge >= 0.3 is 17.8 Å². The molecule has 0 unspecified atom stereocenters. The quantitative estimate of drug-likeness (QED) is 0.219. The van der Waals surface area contributed by atoms with Crippen LogP contribution >= 0.6 is 0 Å². The van der Waals surface area contributed by atoms with Gasteiger partial charge in [-0.3, -0.25) is 9.59 Å². The Balaban J connectivity index is 1.56. The number of nitrogens with one attached hydrogen (secondary N) is 2. The minimum atomic E-state index is -0.905. The van der Waals surface area contributed by atoms with E-state index in [0.717, 1.165) is 11.1 Å². The Hall–Kier alpha value is -4.60. The van der Waals surface area contributed by atoms with Crippen LogP contribution in [0.4, 0.5) is 5.69 Å². The van der Waals surface area contributed by atoms with E-state index in [9.17, 15) is 14.4 Å². The van der Waals surface area contributed by atoms with E-state index in [1.54, 1.807) is 30.3 Å². The summed E-state index contributed by atoms with van der Waals surface area (Å²) >= 11 is 0. The molecule has 0 bridgehead atoms. The molecule has 10 nitrogen and oxygen atoms in total. The van der Waals surface area contributed by atoms with E-state index in [0.29, 0.717) is 28.5 Å². The predicted octanol–water partition coefficient (Wildman–Crippen LogP) is 3.36. The number of nitrogens with zero attached hydrogens (tertiary/aromatic N) is 1. The minimum Gasteiger partial charge on any atom is -0.493 e. The molecule has 10 heteroatoms. The zero-order valence-electron chi connectivity index (χ0n) is 19.7. The number of hydrogen-bond donors (Lipinski definition) is 2. The number of aryl methyl sites for hydroxylation is 2. The van der Waals surface area contributed by atoms with Crippen LogP contribution in [0.3, 0.4) is 0 Å². The van der Waals surface area contributed by atoms with Crippen LogP contribution < -0.4 is 20.2 Å². The summed E-state index contributed by atoms with van der Waals surface area (Å²) in [5.74, 6) is -0.964. The van der Waals surface area contributed by atoms with E-state index in [-0.39, 0.29) is 12.4 Å². The van der Waals surface area contributed by atoms with Crippen LogP contribution in [0.25, 0.3) is 0 Å². The normalized spacial score (nSPS) is 10.6. The zero-order chi connectivity index (χ0) is 25.4. The van der Waals surface area contributed by atoms with Crippen molar-refractivity contribution in [3.63, 3.8) is 0 Å². The van der Waals surface area contributed by atoms with Gasteiger partial charge in [-0.15, -0.1) is 0 Å². The molecule has 0 atom stereocenters. The van der Waals surface area contributed by atoms with Crippen LogP contribution in [0.15, 0.2) is 58.0 Å². The number of carbonyl (C=O) groups is 3. The number of benzene rings is 2. The summed E-state index contributed by atoms with van der Waals surface area (Å²) in [5, 5.41) is 6.38. The molecule has 0 saturated carbocycles. The molecule has 0 aliphatic heterocycles. The highest BCUT2D eigenvalue weighted by molar-refractivity contribution is 6.39. The first-order chi connectivity index (χ1) is 16.8. The molecule has 0 radical (unpaired) electrons. The highest BCUT2D eigenvalue weighted by Crippen LogP contribution is 2.28. The predicted molar refractivity (Wildman–Crippen MR) is 128 cm³/mol. The number of furan rings is 1. The Labute approximate surface area is 201 Å². The number of amides is 2. The van der Waals surface area contributed by atoms with E-state index >= 15 is 0 Å². The van der Waals surface area contributed by atoms with Gasteiger partial charge in [0.15, 0.2) is 11.5 Å². The fourth-order valence-electron chi connectivity index (χ4n) is 3.05. The molecule has 35 heavy (non-hydrogen) atoms. The van der Waals surface area contributed by atoms with Gasteiger partial charge in [-0.05, 0) is 61.4 Å². The summed E-state index contributed by atoms with van der Waals surface area (Å²) in [6, 6.07) is 13.6. The van der Waals surface area contributed by atoms with Crippen molar-refractivity contribution in [2.45, 2.75) is 20.5 Å². The van der Waals surface area contributed by atoms with Crippen molar-refractivity contribution in [1.82, 2.24) is 5.43 Å². The second kappa shape index (κ2) is 11.5. The van der Waals surface area contributed by atoms with Crippen LogP contribution in [0.5, 0.6) is 11.5 Å². The number of ether oxygens (including phenoxy) is 3.